The molecule has 7 nitrogen and oxygen atoms in total. The molecule has 1 heterocycles. The minimum atomic E-state index is -1.02. The summed E-state index contributed by atoms with van der Waals surface area (Å²) in [5.74, 6) is 0.316. The lowest BCUT2D eigenvalue weighted by atomic mass is 9.92. The number of carbonyl (C=O) groups excluding carboxylic acids is 1. The molecule has 0 spiro atoms. The number of rotatable bonds is 7. The third-order valence-electron chi connectivity index (χ3n) is 5.19. The van der Waals surface area contributed by atoms with Gasteiger partial charge < -0.3 is 24.2 Å². The van der Waals surface area contributed by atoms with Gasteiger partial charge in [0.25, 0.3) is 0 Å². The highest BCUT2D eigenvalue weighted by Gasteiger charge is 2.35. The van der Waals surface area contributed by atoms with Crippen molar-refractivity contribution in [2.45, 2.75) is 25.3 Å². The van der Waals surface area contributed by atoms with E-state index in [4.69, 9.17) is 14.2 Å². The summed E-state index contributed by atoms with van der Waals surface area (Å²) < 4.78 is 16.0. The van der Waals surface area contributed by atoms with Crippen LogP contribution >= 0.6 is 0 Å². The molecule has 1 amide bonds. The molecule has 0 radical (unpaired) electrons. The van der Waals surface area contributed by atoms with E-state index in [2.05, 4.69) is 0 Å². The molecule has 2 aromatic carbocycles. The summed E-state index contributed by atoms with van der Waals surface area (Å²) in [4.78, 5) is 26.3. The Balaban J connectivity index is 1.78. The number of hydrogen-bond acceptors (Lipinski definition) is 5. The van der Waals surface area contributed by atoms with E-state index in [1.165, 1.54) is 26.2 Å². The molecule has 0 saturated carbocycles. The maximum Gasteiger partial charge on any atom is 0.331 e. The topological polar surface area (TPSA) is 85.3 Å². The third-order valence-corrected chi connectivity index (χ3v) is 5.19. The highest BCUT2D eigenvalue weighted by atomic mass is 16.5. The lowest BCUT2D eigenvalue weighted by Crippen LogP contribution is -2.43. The molecule has 29 heavy (non-hydrogen) atoms. The van der Waals surface area contributed by atoms with Crippen LogP contribution in [-0.2, 0) is 22.4 Å². The molecule has 0 aromatic heterocycles. The number of fused-ring (bicyclic) bond motifs is 1. The van der Waals surface area contributed by atoms with Gasteiger partial charge in [-0.2, -0.15) is 0 Å². The first-order chi connectivity index (χ1) is 14.0. The molecule has 7 heteroatoms. The zero-order chi connectivity index (χ0) is 21.0. The van der Waals surface area contributed by atoms with E-state index in [-0.39, 0.29) is 12.3 Å². The molecule has 154 valence electrons. The number of aliphatic carboxylic acids is 1. The Bertz CT molecular complexity index is 885. The average molecular weight is 399 g/mol. The number of ether oxygens (including phenoxy) is 3. The molecule has 0 bridgehead atoms. The van der Waals surface area contributed by atoms with Crippen molar-refractivity contribution in [2.24, 2.45) is 0 Å². The van der Waals surface area contributed by atoms with E-state index < -0.39 is 12.0 Å². The minimum Gasteiger partial charge on any atom is -0.493 e. The van der Waals surface area contributed by atoms with Crippen molar-refractivity contribution in [3.05, 3.63) is 53.1 Å². The Morgan fingerprint density at radius 3 is 2.31 bits per heavy atom. The fourth-order valence-corrected chi connectivity index (χ4v) is 3.78. The summed E-state index contributed by atoms with van der Waals surface area (Å²) in [7, 11) is 4.60. The van der Waals surface area contributed by atoms with Crippen LogP contribution in [-0.4, -0.2) is 49.8 Å². The van der Waals surface area contributed by atoms with Crippen LogP contribution < -0.4 is 14.2 Å². The van der Waals surface area contributed by atoms with Crippen LogP contribution in [0.15, 0.2) is 36.4 Å². The molecular weight excluding hydrogens is 374 g/mol. The average Bonchev–Trinajstić information content (AvgIpc) is 2.75. The SMILES string of the molecule is COc1cc(CCC(=O)N2CCc3ccccc3C2C(=O)O)cc(OC)c1OC. The van der Waals surface area contributed by atoms with Crippen LogP contribution in [0.1, 0.15) is 29.2 Å². The van der Waals surface area contributed by atoms with Gasteiger partial charge in [0.05, 0.1) is 21.3 Å². The molecule has 1 aliphatic rings. The van der Waals surface area contributed by atoms with Crippen LogP contribution in [0.3, 0.4) is 0 Å². The van der Waals surface area contributed by atoms with Gasteiger partial charge >= 0.3 is 5.97 Å². The standard InChI is InChI=1S/C22H25NO6/c1-27-17-12-14(13-18(28-2)21(17)29-3)8-9-19(24)23-11-10-15-6-4-5-7-16(15)20(23)22(25)26/h4-7,12-13,20H,8-11H2,1-3H3,(H,25,26). The predicted molar refractivity (Wildman–Crippen MR) is 107 cm³/mol. The van der Waals surface area contributed by atoms with Crippen molar-refractivity contribution in [1.29, 1.82) is 0 Å². The normalized spacial score (nSPS) is 15.4. The summed E-state index contributed by atoms with van der Waals surface area (Å²) in [6.07, 6.45) is 1.26. The van der Waals surface area contributed by atoms with Crippen molar-refractivity contribution >= 4 is 11.9 Å². The number of benzene rings is 2. The molecule has 0 saturated heterocycles. The van der Waals surface area contributed by atoms with E-state index in [9.17, 15) is 14.7 Å². The smallest absolute Gasteiger partial charge is 0.331 e. The zero-order valence-corrected chi connectivity index (χ0v) is 16.8. The Morgan fingerprint density at radius 1 is 1.07 bits per heavy atom. The number of hydrogen-bond donors (Lipinski definition) is 1. The number of carboxylic acids is 1. The monoisotopic (exact) mass is 399 g/mol. The number of carbonyl (C=O) groups is 2. The quantitative estimate of drug-likeness (QED) is 0.771. The van der Waals surface area contributed by atoms with Gasteiger partial charge in [0.2, 0.25) is 11.7 Å². The summed E-state index contributed by atoms with van der Waals surface area (Å²) in [5, 5.41) is 9.74. The fourth-order valence-electron chi connectivity index (χ4n) is 3.78. The number of amides is 1. The van der Waals surface area contributed by atoms with E-state index in [1.807, 2.05) is 12.1 Å². The molecule has 0 aliphatic carbocycles. The Hall–Kier alpha value is -3.22. The maximum absolute atomic E-state index is 12.9. The van der Waals surface area contributed by atoms with Crippen molar-refractivity contribution < 1.29 is 28.9 Å². The van der Waals surface area contributed by atoms with Crippen LogP contribution in [0.2, 0.25) is 0 Å². The van der Waals surface area contributed by atoms with Crippen LogP contribution in [0.25, 0.3) is 0 Å². The largest absolute Gasteiger partial charge is 0.493 e. The fraction of sp³-hybridized carbons (Fsp3) is 0.364. The van der Waals surface area contributed by atoms with Gasteiger partial charge in [0.1, 0.15) is 0 Å². The van der Waals surface area contributed by atoms with Gasteiger partial charge in [-0.05, 0) is 41.7 Å². The first-order valence-electron chi connectivity index (χ1n) is 9.39. The summed E-state index contributed by atoms with van der Waals surface area (Å²) in [5.41, 5.74) is 2.51. The Labute approximate surface area is 169 Å². The Kier molecular flexibility index (Phi) is 6.26. The highest BCUT2D eigenvalue weighted by Crippen LogP contribution is 2.38. The molecule has 3 rings (SSSR count). The van der Waals surface area contributed by atoms with Crippen molar-refractivity contribution in [3.8, 4) is 17.2 Å². The second-order valence-electron chi connectivity index (χ2n) is 6.81. The zero-order valence-electron chi connectivity index (χ0n) is 16.8. The highest BCUT2D eigenvalue weighted by molar-refractivity contribution is 5.85. The lowest BCUT2D eigenvalue weighted by Gasteiger charge is -2.35. The summed E-state index contributed by atoms with van der Waals surface area (Å²) in [6.45, 7) is 0.391. The molecule has 0 fully saturated rings. The van der Waals surface area contributed by atoms with Gasteiger partial charge in [-0.15, -0.1) is 0 Å². The molecule has 1 unspecified atom stereocenters. The predicted octanol–water partition coefficient (Wildman–Crippen LogP) is 2.86. The van der Waals surface area contributed by atoms with E-state index in [0.717, 1.165) is 11.1 Å². The van der Waals surface area contributed by atoms with Gasteiger partial charge in [-0.25, -0.2) is 4.79 Å². The Morgan fingerprint density at radius 2 is 1.72 bits per heavy atom. The van der Waals surface area contributed by atoms with Gasteiger partial charge in [0, 0.05) is 13.0 Å². The van der Waals surface area contributed by atoms with Gasteiger partial charge in [-0.3, -0.25) is 4.79 Å². The first-order valence-corrected chi connectivity index (χ1v) is 9.39. The number of methoxy groups -OCH3 is 3. The van der Waals surface area contributed by atoms with Crippen molar-refractivity contribution in [3.63, 3.8) is 0 Å². The molecule has 1 aliphatic heterocycles. The summed E-state index contributed by atoms with van der Waals surface area (Å²) >= 11 is 0. The second-order valence-corrected chi connectivity index (χ2v) is 6.81. The second kappa shape index (κ2) is 8.86. The van der Waals surface area contributed by atoms with E-state index in [0.29, 0.717) is 42.2 Å². The molecule has 1 N–H and O–H groups in total. The van der Waals surface area contributed by atoms with Crippen molar-refractivity contribution in [2.75, 3.05) is 27.9 Å². The van der Waals surface area contributed by atoms with E-state index >= 15 is 0 Å². The molecule has 2 aromatic rings. The van der Waals surface area contributed by atoms with E-state index in [1.54, 1.807) is 24.3 Å². The third kappa shape index (κ3) is 4.13. The lowest BCUT2D eigenvalue weighted by molar-refractivity contribution is -0.151. The molecular formula is C22H25NO6. The van der Waals surface area contributed by atoms with Crippen LogP contribution in [0.4, 0.5) is 0 Å². The van der Waals surface area contributed by atoms with Gasteiger partial charge in [0.15, 0.2) is 17.5 Å². The number of nitrogens with zero attached hydrogens (tertiary/aromatic N) is 1. The minimum absolute atomic E-state index is 0.185. The molecule has 1 atom stereocenters. The summed E-state index contributed by atoms with van der Waals surface area (Å²) in [6, 6.07) is 10.0. The number of aryl methyl sites for hydroxylation is 1. The number of carboxylic acid groups (broad SMARTS) is 1. The van der Waals surface area contributed by atoms with Gasteiger partial charge in [-0.1, -0.05) is 24.3 Å². The van der Waals surface area contributed by atoms with Crippen LogP contribution in [0, 0.1) is 0 Å². The first kappa shape index (κ1) is 20.5. The van der Waals surface area contributed by atoms with Crippen molar-refractivity contribution in [1.82, 2.24) is 4.90 Å². The van der Waals surface area contributed by atoms with Crippen LogP contribution in [0.5, 0.6) is 17.2 Å². The maximum atomic E-state index is 12.9.